The van der Waals surface area contributed by atoms with E-state index in [1.807, 2.05) is 32.0 Å². The van der Waals surface area contributed by atoms with Gasteiger partial charge in [0.25, 0.3) is 0 Å². The second-order valence-electron chi connectivity index (χ2n) is 5.26. The van der Waals surface area contributed by atoms with E-state index in [4.69, 9.17) is 4.74 Å². The fraction of sp³-hybridized carbons (Fsp3) is 0.211. The summed E-state index contributed by atoms with van der Waals surface area (Å²) in [5, 5.41) is 2.70. The van der Waals surface area contributed by atoms with Gasteiger partial charge in [0.2, 0.25) is 5.91 Å². The maximum Gasteiger partial charge on any atom is 0.244 e. The molecule has 0 saturated heterocycles. The zero-order valence-electron chi connectivity index (χ0n) is 13.3. The van der Waals surface area contributed by atoms with Crippen LogP contribution in [0.1, 0.15) is 16.7 Å². The molecule has 2 aromatic rings. The lowest BCUT2D eigenvalue weighted by Crippen LogP contribution is -2.26. The quantitative estimate of drug-likeness (QED) is 0.653. The molecule has 0 heterocycles. The van der Waals surface area contributed by atoms with Crippen LogP contribution < -0.4 is 10.1 Å². The van der Waals surface area contributed by atoms with Crippen LogP contribution in [0.25, 0.3) is 6.08 Å². The Morgan fingerprint density at radius 2 is 2.00 bits per heavy atom. The summed E-state index contributed by atoms with van der Waals surface area (Å²) in [6.45, 7) is 4.77. The molecule has 0 radical (unpaired) electrons. The van der Waals surface area contributed by atoms with E-state index in [1.54, 1.807) is 18.2 Å². The van der Waals surface area contributed by atoms with Crippen LogP contribution >= 0.6 is 0 Å². The fourth-order valence-corrected chi connectivity index (χ4v) is 2.13. The van der Waals surface area contributed by atoms with Gasteiger partial charge in [-0.05, 0) is 37.6 Å². The summed E-state index contributed by atoms with van der Waals surface area (Å²) in [5.74, 6) is 0.180. The van der Waals surface area contributed by atoms with E-state index in [2.05, 4.69) is 5.32 Å². The van der Waals surface area contributed by atoms with Gasteiger partial charge in [0.15, 0.2) is 0 Å². The van der Waals surface area contributed by atoms with Crippen LogP contribution in [0.3, 0.4) is 0 Å². The molecule has 1 N–H and O–H groups in total. The van der Waals surface area contributed by atoms with Gasteiger partial charge in [-0.15, -0.1) is 0 Å². The Bertz CT molecular complexity index is 710. The molecule has 3 nitrogen and oxygen atoms in total. The molecule has 0 aromatic heterocycles. The number of carbonyl (C=O) groups excluding carboxylic acids is 1. The molecule has 0 unspecified atom stereocenters. The lowest BCUT2D eigenvalue weighted by Gasteiger charge is -2.09. The lowest BCUT2D eigenvalue weighted by molar-refractivity contribution is -0.116. The Labute approximate surface area is 135 Å². The van der Waals surface area contributed by atoms with Crippen LogP contribution in [0, 0.1) is 19.7 Å². The average Bonchev–Trinajstić information content (AvgIpc) is 2.52. The second kappa shape index (κ2) is 8.13. The van der Waals surface area contributed by atoms with Crippen LogP contribution in [-0.4, -0.2) is 19.1 Å². The summed E-state index contributed by atoms with van der Waals surface area (Å²) in [7, 11) is 0. The number of amides is 1. The number of halogens is 1. The highest BCUT2D eigenvalue weighted by Crippen LogP contribution is 2.18. The van der Waals surface area contributed by atoms with Gasteiger partial charge in [0, 0.05) is 11.6 Å². The third kappa shape index (κ3) is 5.25. The summed E-state index contributed by atoms with van der Waals surface area (Å²) < 4.78 is 19.0. The molecule has 120 valence electrons. The fourth-order valence-electron chi connectivity index (χ4n) is 2.13. The van der Waals surface area contributed by atoms with Crippen molar-refractivity contribution in [3.63, 3.8) is 0 Å². The number of aryl methyl sites for hydroxylation is 2. The molecule has 4 heteroatoms. The normalized spacial score (nSPS) is 10.7. The monoisotopic (exact) mass is 313 g/mol. The molecule has 0 aliphatic rings. The minimum atomic E-state index is -0.352. The standard InChI is InChI=1S/C19H20FNO2/c1-14-7-9-18(15(2)13-14)23-12-11-21-19(22)10-8-16-5-3-4-6-17(16)20/h3-10,13H,11-12H2,1-2H3,(H,21,22)/b10-8+. The van der Waals surface area contributed by atoms with Gasteiger partial charge in [-0.25, -0.2) is 4.39 Å². The molecule has 0 saturated carbocycles. The highest BCUT2D eigenvalue weighted by Gasteiger charge is 2.01. The second-order valence-corrected chi connectivity index (χ2v) is 5.26. The van der Waals surface area contributed by atoms with Crippen LogP contribution in [0.2, 0.25) is 0 Å². The molecule has 0 atom stereocenters. The molecule has 2 rings (SSSR count). The van der Waals surface area contributed by atoms with Crippen molar-refractivity contribution in [2.75, 3.05) is 13.2 Å². The largest absolute Gasteiger partial charge is 0.491 e. The third-order valence-electron chi connectivity index (χ3n) is 3.31. The maximum absolute atomic E-state index is 13.4. The number of benzene rings is 2. The van der Waals surface area contributed by atoms with Crippen molar-refractivity contribution >= 4 is 12.0 Å². The minimum absolute atomic E-state index is 0.280. The average molecular weight is 313 g/mol. The van der Waals surface area contributed by atoms with E-state index in [-0.39, 0.29) is 11.7 Å². The Kier molecular flexibility index (Phi) is 5.92. The molecule has 0 fully saturated rings. The number of hydrogen-bond acceptors (Lipinski definition) is 2. The van der Waals surface area contributed by atoms with E-state index < -0.39 is 0 Å². The van der Waals surface area contributed by atoms with Crippen LogP contribution in [0.4, 0.5) is 4.39 Å². The number of hydrogen-bond donors (Lipinski definition) is 1. The first-order valence-electron chi connectivity index (χ1n) is 7.47. The Hall–Kier alpha value is -2.62. The Balaban J connectivity index is 1.76. The van der Waals surface area contributed by atoms with Crippen molar-refractivity contribution in [1.82, 2.24) is 5.32 Å². The molecule has 0 aliphatic carbocycles. The molecule has 1 amide bonds. The summed E-state index contributed by atoms with van der Waals surface area (Å²) in [4.78, 5) is 11.7. The van der Waals surface area contributed by atoms with E-state index >= 15 is 0 Å². The number of ether oxygens (including phenoxy) is 1. The van der Waals surface area contributed by atoms with Gasteiger partial charge in [-0.1, -0.05) is 35.9 Å². The van der Waals surface area contributed by atoms with Crippen molar-refractivity contribution in [1.29, 1.82) is 0 Å². The molecule has 0 aliphatic heterocycles. The van der Waals surface area contributed by atoms with Gasteiger partial charge in [-0.3, -0.25) is 4.79 Å². The van der Waals surface area contributed by atoms with Crippen molar-refractivity contribution in [2.45, 2.75) is 13.8 Å². The lowest BCUT2D eigenvalue weighted by atomic mass is 10.1. The third-order valence-corrected chi connectivity index (χ3v) is 3.31. The summed E-state index contributed by atoms with van der Waals surface area (Å²) >= 11 is 0. The number of carbonyl (C=O) groups is 1. The van der Waals surface area contributed by atoms with E-state index in [1.165, 1.54) is 23.8 Å². The van der Waals surface area contributed by atoms with Gasteiger partial charge < -0.3 is 10.1 Å². The number of rotatable bonds is 6. The van der Waals surface area contributed by atoms with Gasteiger partial charge in [-0.2, -0.15) is 0 Å². The first-order valence-corrected chi connectivity index (χ1v) is 7.47. The summed E-state index contributed by atoms with van der Waals surface area (Å²) in [6.07, 6.45) is 2.77. The molecule has 0 bridgehead atoms. The Morgan fingerprint density at radius 3 is 2.74 bits per heavy atom. The van der Waals surface area contributed by atoms with Crippen LogP contribution in [-0.2, 0) is 4.79 Å². The SMILES string of the molecule is Cc1ccc(OCCNC(=O)/C=C/c2ccccc2F)c(C)c1. The van der Waals surface area contributed by atoms with E-state index in [0.29, 0.717) is 18.7 Å². The molecular formula is C19H20FNO2. The molecule has 2 aromatic carbocycles. The summed E-state index contributed by atoms with van der Waals surface area (Å²) in [6, 6.07) is 12.3. The molecule has 0 spiro atoms. The zero-order chi connectivity index (χ0) is 16.7. The van der Waals surface area contributed by atoms with Crippen molar-refractivity contribution < 1.29 is 13.9 Å². The van der Waals surface area contributed by atoms with Crippen molar-refractivity contribution in [3.8, 4) is 5.75 Å². The smallest absolute Gasteiger partial charge is 0.244 e. The summed E-state index contributed by atoms with van der Waals surface area (Å²) in [5.41, 5.74) is 2.63. The van der Waals surface area contributed by atoms with Crippen molar-refractivity contribution in [2.24, 2.45) is 0 Å². The van der Waals surface area contributed by atoms with Crippen LogP contribution in [0.15, 0.2) is 48.5 Å². The predicted molar refractivity (Wildman–Crippen MR) is 89.9 cm³/mol. The highest BCUT2D eigenvalue weighted by molar-refractivity contribution is 5.91. The molecular weight excluding hydrogens is 293 g/mol. The van der Waals surface area contributed by atoms with Gasteiger partial charge in [0.05, 0.1) is 6.54 Å². The van der Waals surface area contributed by atoms with E-state index in [9.17, 15) is 9.18 Å². The topological polar surface area (TPSA) is 38.3 Å². The first-order chi connectivity index (χ1) is 11.1. The van der Waals surface area contributed by atoms with Crippen LogP contribution in [0.5, 0.6) is 5.75 Å². The minimum Gasteiger partial charge on any atom is -0.491 e. The van der Waals surface area contributed by atoms with Gasteiger partial charge >= 0.3 is 0 Å². The molecule has 23 heavy (non-hydrogen) atoms. The highest BCUT2D eigenvalue weighted by atomic mass is 19.1. The zero-order valence-corrected chi connectivity index (χ0v) is 13.3. The Morgan fingerprint density at radius 1 is 1.22 bits per heavy atom. The predicted octanol–water partition coefficient (Wildman–Crippen LogP) is 3.65. The first kappa shape index (κ1) is 16.7. The van der Waals surface area contributed by atoms with Crippen molar-refractivity contribution in [3.05, 3.63) is 71.0 Å². The van der Waals surface area contributed by atoms with E-state index in [0.717, 1.165) is 11.3 Å². The maximum atomic E-state index is 13.4. The van der Waals surface area contributed by atoms with Gasteiger partial charge in [0.1, 0.15) is 18.2 Å². The number of nitrogens with one attached hydrogen (secondary N) is 1.